The van der Waals surface area contributed by atoms with E-state index in [1.807, 2.05) is 43.7 Å². The Kier molecular flexibility index (Phi) is 12.5. The summed E-state index contributed by atoms with van der Waals surface area (Å²) in [6, 6.07) is 6.35. The van der Waals surface area contributed by atoms with Crippen LogP contribution in [0.5, 0.6) is 11.8 Å². The standard InChI is InChI=1S/C42H56F3N5O9S/c1-24(2)57-32-19-27-13-9-11-15-30(27)35(46-32)58-29-20-31-34(51)48-42(37(53)49-60(55,56)41(23-43)16-17-41)21-28(42)14-10-8-12-25(3)18-26(4)33(36(52)50(31)22-29)47-38(54)59-39(5,6)40(7,44)45/h9-11,13-15,19,24-26,28-29,31,33H,8,12,16-18,20-23H2,1-7H3,(H,47,54)(H,48,51)(H,49,53)/b14-10-/t25-,26-,28-,29-,31+,33+,42-/m1/s1. The molecule has 3 N–H and O–H groups in total. The predicted molar refractivity (Wildman–Crippen MR) is 215 cm³/mol. The fourth-order valence-electron chi connectivity index (χ4n) is 7.92. The average molecular weight is 864 g/mol. The number of carbonyl (C=O) groups excluding carboxylic acids is 4. The lowest BCUT2D eigenvalue weighted by Crippen LogP contribution is -2.60. The molecule has 7 atom stereocenters. The van der Waals surface area contributed by atoms with Crippen molar-refractivity contribution in [1.82, 2.24) is 25.2 Å². The fraction of sp³-hybridized carbons (Fsp3) is 0.643. The van der Waals surface area contributed by atoms with Gasteiger partial charge in [-0.15, -0.1) is 0 Å². The first-order valence-electron chi connectivity index (χ1n) is 20.5. The van der Waals surface area contributed by atoms with Gasteiger partial charge in [-0.25, -0.2) is 26.4 Å². The van der Waals surface area contributed by atoms with Crippen LogP contribution in [0, 0.1) is 17.8 Å². The number of ether oxygens (including phenoxy) is 3. The molecule has 330 valence electrons. The number of alkyl carbamates (subject to hydrolysis) is 1. The number of carbonyl (C=O) groups is 4. The zero-order valence-corrected chi connectivity index (χ0v) is 35.9. The molecule has 14 nitrogen and oxygen atoms in total. The molecule has 2 saturated carbocycles. The maximum Gasteiger partial charge on any atom is 0.408 e. The fourth-order valence-corrected chi connectivity index (χ4v) is 9.35. The minimum absolute atomic E-state index is 0.0166. The number of nitrogens with one attached hydrogen (secondary N) is 3. The third-order valence-electron chi connectivity index (χ3n) is 12.3. The monoisotopic (exact) mass is 863 g/mol. The lowest BCUT2D eigenvalue weighted by atomic mass is 9.88. The summed E-state index contributed by atoms with van der Waals surface area (Å²) in [7, 11) is -4.45. The summed E-state index contributed by atoms with van der Waals surface area (Å²) < 4.78 is 87.1. The quantitative estimate of drug-likeness (QED) is 0.236. The molecule has 6 rings (SSSR count). The zero-order valence-electron chi connectivity index (χ0n) is 35.1. The summed E-state index contributed by atoms with van der Waals surface area (Å²) in [5.41, 5.74) is -3.98. The van der Waals surface area contributed by atoms with Gasteiger partial charge in [0.2, 0.25) is 33.6 Å². The van der Waals surface area contributed by atoms with Crippen LogP contribution in [-0.4, -0.2) is 101 Å². The minimum atomic E-state index is -4.45. The van der Waals surface area contributed by atoms with E-state index in [1.54, 1.807) is 31.2 Å². The van der Waals surface area contributed by atoms with Crippen molar-refractivity contribution in [1.29, 1.82) is 0 Å². The number of sulfonamides is 1. The Morgan fingerprint density at radius 3 is 2.45 bits per heavy atom. The van der Waals surface area contributed by atoms with Crippen LogP contribution in [0.15, 0.2) is 42.5 Å². The number of rotatable bonds is 11. The van der Waals surface area contributed by atoms with Gasteiger partial charge in [0.1, 0.15) is 35.1 Å². The third-order valence-corrected chi connectivity index (χ3v) is 14.4. The van der Waals surface area contributed by atoms with Crippen molar-refractivity contribution in [3.05, 3.63) is 42.5 Å². The van der Waals surface area contributed by atoms with Crippen LogP contribution >= 0.6 is 0 Å². The van der Waals surface area contributed by atoms with Crippen molar-refractivity contribution in [2.45, 2.75) is 140 Å². The molecule has 2 aromatic rings. The SMILES string of the molecule is CC(C)Oc1cc2ccccc2c(O[C@@H]2C[C@H]3C(=O)N[C@]4(C(=O)NS(=O)(=O)C5(CF)CC5)C[C@H]4/C=C\CC[C@@H](C)C[C@@H](C)[C@H](NC(=O)OC(C)(C)C(C)(F)F)C(=O)N3C2)n1. The van der Waals surface area contributed by atoms with Gasteiger partial charge in [-0.2, -0.15) is 4.98 Å². The molecule has 1 aromatic carbocycles. The van der Waals surface area contributed by atoms with Gasteiger partial charge in [-0.05, 0) is 89.5 Å². The number of alkyl halides is 3. The summed E-state index contributed by atoms with van der Waals surface area (Å²) >= 11 is 0. The highest BCUT2D eigenvalue weighted by molar-refractivity contribution is 7.91. The Bertz CT molecular complexity index is 2130. The molecule has 3 fully saturated rings. The molecule has 4 amide bonds. The first kappa shape index (κ1) is 44.9. The Hall–Kier alpha value is -4.61. The molecule has 0 spiro atoms. The lowest BCUT2D eigenvalue weighted by molar-refractivity contribution is -0.152. The molecule has 18 heteroatoms. The normalized spacial score (nSPS) is 28.9. The Balaban J connectivity index is 1.37. The number of aromatic nitrogens is 1. The topological polar surface area (TPSA) is 182 Å². The Morgan fingerprint density at radius 1 is 1.10 bits per heavy atom. The van der Waals surface area contributed by atoms with Crippen LogP contribution in [0.3, 0.4) is 0 Å². The number of hydrogen-bond acceptors (Lipinski definition) is 10. The largest absolute Gasteiger partial charge is 0.475 e. The highest BCUT2D eigenvalue weighted by atomic mass is 32.2. The van der Waals surface area contributed by atoms with E-state index in [1.165, 1.54) is 4.90 Å². The maximum atomic E-state index is 14.9. The summed E-state index contributed by atoms with van der Waals surface area (Å²) in [5.74, 6) is -6.75. The second-order valence-electron chi connectivity index (χ2n) is 17.9. The zero-order chi connectivity index (χ0) is 44.0. The Morgan fingerprint density at radius 2 is 1.80 bits per heavy atom. The molecule has 0 radical (unpaired) electrons. The average Bonchev–Trinajstić information content (AvgIpc) is 4.05. The number of pyridine rings is 1. The number of benzene rings is 1. The van der Waals surface area contributed by atoms with Crippen molar-refractivity contribution in [2.75, 3.05) is 13.2 Å². The molecule has 1 saturated heterocycles. The van der Waals surface area contributed by atoms with E-state index in [-0.39, 0.29) is 56.0 Å². The van der Waals surface area contributed by atoms with E-state index in [2.05, 4.69) is 15.6 Å². The van der Waals surface area contributed by atoms with Crippen molar-refractivity contribution in [2.24, 2.45) is 17.8 Å². The molecule has 2 aliphatic heterocycles. The molecule has 0 bridgehead atoms. The summed E-state index contributed by atoms with van der Waals surface area (Å²) in [6.45, 7) is 8.72. The maximum absolute atomic E-state index is 14.9. The van der Waals surface area contributed by atoms with E-state index in [4.69, 9.17) is 14.2 Å². The second kappa shape index (κ2) is 16.7. The number of amides is 4. The molecule has 2 aliphatic carbocycles. The van der Waals surface area contributed by atoms with E-state index in [0.29, 0.717) is 31.6 Å². The van der Waals surface area contributed by atoms with Crippen LogP contribution in [-0.2, 0) is 29.1 Å². The number of halogens is 3. The van der Waals surface area contributed by atoms with Crippen molar-refractivity contribution < 1.29 is 55.0 Å². The van der Waals surface area contributed by atoms with Gasteiger partial charge < -0.3 is 29.7 Å². The van der Waals surface area contributed by atoms with Crippen LogP contribution in [0.25, 0.3) is 10.8 Å². The first-order valence-corrected chi connectivity index (χ1v) is 22.0. The third kappa shape index (κ3) is 9.32. The molecular formula is C42H56F3N5O9S. The highest BCUT2D eigenvalue weighted by Crippen LogP contribution is 2.48. The van der Waals surface area contributed by atoms with E-state index < -0.39 is 92.3 Å². The first-order chi connectivity index (χ1) is 28.0. The number of fused-ring (bicyclic) bond motifs is 3. The molecule has 3 heterocycles. The summed E-state index contributed by atoms with van der Waals surface area (Å²) in [6.07, 6.45) is 2.81. The predicted octanol–water partition coefficient (Wildman–Crippen LogP) is 5.73. The van der Waals surface area contributed by atoms with Gasteiger partial charge in [0.15, 0.2) is 5.60 Å². The lowest BCUT2D eigenvalue weighted by Gasteiger charge is -2.35. The number of hydrogen-bond donors (Lipinski definition) is 3. The summed E-state index contributed by atoms with van der Waals surface area (Å²) in [5, 5.41) is 6.68. The minimum Gasteiger partial charge on any atom is -0.475 e. The van der Waals surface area contributed by atoms with Gasteiger partial charge in [-0.1, -0.05) is 44.2 Å². The van der Waals surface area contributed by atoms with Crippen LogP contribution in [0.2, 0.25) is 0 Å². The van der Waals surface area contributed by atoms with Crippen LogP contribution in [0.4, 0.5) is 18.0 Å². The summed E-state index contributed by atoms with van der Waals surface area (Å²) in [4.78, 5) is 62.6. The van der Waals surface area contributed by atoms with Gasteiger partial charge in [0.05, 0.1) is 12.6 Å². The molecule has 1 aromatic heterocycles. The molecular weight excluding hydrogens is 808 g/mol. The van der Waals surface area contributed by atoms with E-state index in [9.17, 15) is 40.8 Å². The van der Waals surface area contributed by atoms with Crippen LogP contribution < -0.4 is 24.8 Å². The van der Waals surface area contributed by atoms with Crippen molar-refractivity contribution in [3.63, 3.8) is 0 Å². The van der Waals surface area contributed by atoms with Gasteiger partial charge in [0, 0.05) is 30.7 Å². The van der Waals surface area contributed by atoms with Crippen molar-refractivity contribution in [3.8, 4) is 11.8 Å². The highest BCUT2D eigenvalue weighted by Gasteiger charge is 2.64. The van der Waals surface area contributed by atoms with Crippen LogP contribution in [0.1, 0.15) is 93.4 Å². The van der Waals surface area contributed by atoms with E-state index >= 15 is 0 Å². The second-order valence-corrected chi connectivity index (χ2v) is 20.0. The number of nitrogens with zero attached hydrogens (tertiary/aromatic N) is 2. The smallest absolute Gasteiger partial charge is 0.408 e. The van der Waals surface area contributed by atoms with Gasteiger partial charge in [-0.3, -0.25) is 19.1 Å². The van der Waals surface area contributed by atoms with Gasteiger partial charge >= 0.3 is 6.09 Å². The van der Waals surface area contributed by atoms with Gasteiger partial charge in [0.25, 0.3) is 11.8 Å². The number of allylic oxidation sites excluding steroid dienone is 1. The molecule has 4 aliphatic rings. The molecule has 0 unspecified atom stereocenters. The van der Waals surface area contributed by atoms with E-state index in [0.717, 1.165) is 19.2 Å². The van der Waals surface area contributed by atoms with Crippen molar-refractivity contribution >= 4 is 44.6 Å². The Labute approximate surface area is 348 Å². The molecule has 60 heavy (non-hydrogen) atoms.